The molecule has 0 atom stereocenters. The molecule has 3 aromatic carbocycles. The van der Waals surface area contributed by atoms with Gasteiger partial charge in [-0.1, -0.05) is 119 Å². The van der Waals surface area contributed by atoms with Crippen molar-refractivity contribution in [2.75, 3.05) is 0 Å². The van der Waals surface area contributed by atoms with Gasteiger partial charge in [0.2, 0.25) is 0 Å². The average Bonchev–Trinajstić information content (AvgIpc) is 3.71. The van der Waals surface area contributed by atoms with Crippen molar-refractivity contribution in [1.29, 1.82) is 0 Å². The summed E-state index contributed by atoms with van der Waals surface area (Å²) >= 11 is 1.63. The number of allylic oxidation sites excluding steroid dienone is 2. The number of pyridine rings is 1. The molecule has 0 aliphatic rings. The molecule has 3 heterocycles. The molecule has 0 aliphatic heterocycles. The third-order valence-electron chi connectivity index (χ3n) is 9.73. The van der Waals surface area contributed by atoms with Crippen LogP contribution >= 0.6 is 11.3 Å². The van der Waals surface area contributed by atoms with Crippen molar-refractivity contribution in [3.8, 4) is 38.8 Å². The molecule has 0 amide bonds. The molecule has 0 fully saturated rings. The van der Waals surface area contributed by atoms with Crippen LogP contribution in [0.25, 0.3) is 49.3 Å². The number of fused-ring (bicyclic) bond motifs is 1. The zero-order chi connectivity index (χ0) is 38.3. The summed E-state index contributed by atoms with van der Waals surface area (Å²) in [5, 5.41) is 10.7. The fourth-order valence-electron chi connectivity index (χ4n) is 6.68. The number of hydrogen-bond acceptors (Lipinski definition) is 6. The molecule has 54 heavy (non-hydrogen) atoms. The molecular formula is C46H53IrN4O2S-. The summed E-state index contributed by atoms with van der Waals surface area (Å²) in [5.41, 5.74) is 9.40. The van der Waals surface area contributed by atoms with E-state index in [0.717, 1.165) is 86.3 Å². The van der Waals surface area contributed by atoms with Gasteiger partial charge in [-0.25, -0.2) is 4.98 Å². The minimum Gasteiger partial charge on any atom is -0.512 e. The van der Waals surface area contributed by atoms with Gasteiger partial charge in [0, 0.05) is 60.7 Å². The first kappa shape index (κ1) is 42.5. The third kappa shape index (κ3) is 9.89. The number of hydrogen-bond donors (Lipinski definition) is 1. The number of carbonyl (C=O) groups is 1. The first-order chi connectivity index (χ1) is 25.4. The van der Waals surface area contributed by atoms with Crippen LogP contribution in [0.5, 0.6) is 0 Å². The van der Waals surface area contributed by atoms with Gasteiger partial charge in [0.25, 0.3) is 0 Å². The Labute approximate surface area is 339 Å². The van der Waals surface area contributed by atoms with Gasteiger partial charge < -0.3 is 9.67 Å². The quantitative estimate of drug-likeness (QED) is 0.0795. The van der Waals surface area contributed by atoms with Crippen LogP contribution in [0.15, 0.2) is 96.8 Å². The number of aliphatic hydroxyl groups is 1. The Balaban J connectivity index is 0.000000347. The second-order valence-corrected chi connectivity index (χ2v) is 15.7. The number of rotatable bonds is 11. The molecule has 6 nitrogen and oxygen atoms in total. The second kappa shape index (κ2) is 18.9. The van der Waals surface area contributed by atoms with Gasteiger partial charge in [-0.3, -0.25) is 14.8 Å². The maximum absolute atomic E-state index is 11.7. The van der Waals surface area contributed by atoms with Gasteiger partial charge in [-0.05, 0) is 69.2 Å². The average molecular weight is 918 g/mol. The number of aromatic nitrogens is 4. The Morgan fingerprint density at radius 2 is 1.37 bits per heavy atom. The number of ketones is 1. The number of carbonyl (C=O) groups excluding carboxylic acids is 1. The van der Waals surface area contributed by atoms with Gasteiger partial charge in [-0.2, -0.15) is 0 Å². The Bertz CT molecular complexity index is 2150. The summed E-state index contributed by atoms with van der Waals surface area (Å²) in [6, 6.07) is 33.0. The first-order valence-corrected chi connectivity index (χ1v) is 19.7. The van der Waals surface area contributed by atoms with Crippen molar-refractivity contribution in [3.05, 3.63) is 120 Å². The molecule has 0 unspecified atom stereocenters. The predicted molar refractivity (Wildman–Crippen MR) is 222 cm³/mol. The van der Waals surface area contributed by atoms with E-state index in [-0.39, 0.29) is 48.9 Å². The van der Waals surface area contributed by atoms with Crippen molar-refractivity contribution < 1.29 is 30.0 Å². The van der Waals surface area contributed by atoms with Crippen LogP contribution in [0.2, 0.25) is 0 Å². The van der Waals surface area contributed by atoms with Crippen molar-refractivity contribution >= 4 is 27.6 Å². The summed E-state index contributed by atoms with van der Waals surface area (Å²) in [5.74, 6) is 1.41. The molecule has 285 valence electrons. The Morgan fingerprint density at radius 1 is 0.796 bits per heavy atom. The van der Waals surface area contributed by atoms with Crippen LogP contribution in [0.4, 0.5) is 0 Å². The largest absolute Gasteiger partial charge is 0.512 e. The monoisotopic (exact) mass is 918 g/mol. The minimum absolute atomic E-state index is 0. The maximum atomic E-state index is 11.7. The third-order valence-corrected chi connectivity index (χ3v) is 10.7. The van der Waals surface area contributed by atoms with Crippen molar-refractivity contribution in [1.82, 2.24) is 19.5 Å². The van der Waals surface area contributed by atoms with Crippen LogP contribution in [-0.2, 0) is 30.3 Å². The first-order valence-electron chi connectivity index (χ1n) is 18.8. The number of aliphatic hydroxyl groups excluding tert-OH is 1. The van der Waals surface area contributed by atoms with E-state index >= 15 is 0 Å². The van der Waals surface area contributed by atoms with Gasteiger partial charge in [0.1, 0.15) is 5.01 Å². The fourth-order valence-corrected chi connectivity index (χ4v) is 7.61. The second-order valence-electron chi connectivity index (χ2n) is 14.7. The van der Waals surface area contributed by atoms with E-state index in [4.69, 9.17) is 9.97 Å². The van der Waals surface area contributed by atoms with Gasteiger partial charge in [0.15, 0.2) is 16.3 Å². The van der Waals surface area contributed by atoms with Crippen LogP contribution in [0.1, 0.15) is 91.1 Å². The summed E-state index contributed by atoms with van der Waals surface area (Å²) < 4.78 is 2.18. The number of thiazole rings is 1. The van der Waals surface area contributed by atoms with Crippen LogP contribution in [-0.4, -0.2) is 30.4 Å². The summed E-state index contributed by atoms with van der Waals surface area (Å²) in [6.45, 7) is 18.9. The topological polar surface area (TPSA) is 80.9 Å². The Kier molecular flexibility index (Phi) is 14.9. The standard InChI is InChI=1S/C33H29N4S.C13H24O2.Ir/c1-21-18-25(19-22(2)34-21)24-16-17-27(28(20-24)33(3,4)5)29-35-32-30(37(29)26-14-10-7-11-15-26)36-31(38-32)23-12-8-6-9-13-23;1-5-10(6-2)12(14)9-13(15)11(7-3)8-4;/h6-16,18-20H,1-5H3;9-11,14H,5-8H2,1-4H3;/q-1;;/b;12-9-;. The summed E-state index contributed by atoms with van der Waals surface area (Å²) in [7, 11) is 0. The molecule has 0 bridgehead atoms. The van der Waals surface area contributed by atoms with E-state index in [2.05, 4.69) is 97.1 Å². The number of nitrogens with zero attached hydrogens (tertiary/aromatic N) is 4. The molecular weight excluding hydrogens is 865 g/mol. The molecule has 8 heteroatoms. The number of benzene rings is 3. The molecule has 0 saturated heterocycles. The minimum atomic E-state index is -0.123. The van der Waals surface area contributed by atoms with Crippen LogP contribution < -0.4 is 0 Å². The molecule has 6 rings (SSSR count). The molecule has 0 aliphatic carbocycles. The SMILES string of the molecule is CCC(CC)C(=O)/C=C(\O)C(CC)CC.Cc1cc(-c2c[c-]c(-c3nc4sc(-c5ccccc5)nc4n3-c3ccccc3)c(C(C)(C)C)c2)cc(C)n1.[Ir]. The van der Waals surface area contributed by atoms with Crippen LogP contribution in [0, 0.1) is 31.7 Å². The summed E-state index contributed by atoms with van der Waals surface area (Å²) in [4.78, 5) is 27.5. The van der Waals surface area contributed by atoms with Gasteiger partial charge in [-0.15, -0.1) is 29.3 Å². The van der Waals surface area contributed by atoms with E-state index in [0.29, 0.717) is 0 Å². The van der Waals surface area contributed by atoms with Gasteiger partial charge >= 0.3 is 0 Å². The van der Waals surface area contributed by atoms with Gasteiger partial charge in [0.05, 0.1) is 11.6 Å². The molecule has 1 N–H and O–H groups in total. The predicted octanol–water partition coefficient (Wildman–Crippen LogP) is 12.5. The van der Waals surface area contributed by atoms with Crippen LogP contribution in [0.3, 0.4) is 0 Å². The fraction of sp³-hybridized carbons (Fsp3) is 0.348. The maximum Gasteiger partial charge on any atom is 0.167 e. The normalized spacial score (nSPS) is 11.8. The Hall–Kier alpha value is -4.23. The smallest absolute Gasteiger partial charge is 0.167 e. The number of aryl methyl sites for hydroxylation is 2. The Morgan fingerprint density at radius 3 is 1.93 bits per heavy atom. The molecule has 3 aromatic heterocycles. The van der Waals surface area contributed by atoms with Crippen molar-refractivity contribution in [2.45, 2.75) is 93.4 Å². The number of para-hydroxylation sites is 1. The van der Waals surface area contributed by atoms with E-state index < -0.39 is 0 Å². The summed E-state index contributed by atoms with van der Waals surface area (Å²) in [6.07, 6.45) is 4.91. The molecule has 0 spiro atoms. The van der Waals surface area contributed by atoms with Crippen molar-refractivity contribution in [2.24, 2.45) is 11.8 Å². The molecule has 1 radical (unpaired) electrons. The van der Waals surface area contributed by atoms with E-state index in [1.54, 1.807) is 11.3 Å². The zero-order valence-electron chi connectivity index (χ0n) is 33.0. The molecule has 0 saturated carbocycles. The zero-order valence-corrected chi connectivity index (χ0v) is 36.2. The van der Waals surface area contributed by atoms with E-state index in [1.165, 1.54) is 11.6 Å². The van der Waals surface area contributed by atoms with E-state index in [9.17, 15) is 9.90 Å². The van der Waals surface area contributed by atoms with E-state index in [1.807, 2.05) is 65.8 Å². The number of imidazole rings is 1. The molecule has 6 aromatic rings. The van der Waals surface area contributed by atoms with Crippen molar-refractivity contribution in [3.63, 3.8) is 0 Å².